The quantitative estimate of drug-likeness (QED) is 0.423. The number of halogens is 1. The molecule has 3 aromatic carbocycles. The fourth-order valence-electron chi connectivity index (χ4n) is 4.89. The van der Waals surface area contributed by atoms with Gasteiger partial charge in [0.15, 0.2) is 0 Å². The van der Waals surface area contributed by atoms with Crippen molar-refractivity contribution in [2.24, 2.45) is 0 Å². The van der Waals surface area contributed by atoms with Gasteiger partial charge in [-0.05, 0) is 68.8 Å². The highest BCUT2D eigenvalue weighted by Gasteiger charge is 2.32. The molecule has 1 aliphatic heterocycles. The van der Waals surface area contributed by atoms with Crippen LogP contribution in [0.5, 0.6) is 0 Å². The lowest BCUT2D eigenvalue weighted by Crippen LogP contribution is -2.53. The molecule has 1 N–H and O–H groups in total. The Morgan fingerprint density at radius 2 is 1.70 bits per heavy atom. The van der Waals surface area contributed by atoms with Gasteiger partial charge in [0.25, 0.3) is 5.91 Å². The molecule has 0 unspecified atom stereocenters. The predicted molar refractivity (Wildman–Crippen MR) is 144 cm³/mol. The van der Waals surface area contributed by atoms with Crippen LogP contribution in [0, 0.1) is 5.82 Å². The van der Waals surface area contributed by atoms with E-state index in [4.69, 9.17) is 0 Å². The van der Waals surface area contributed by atoms with Crippen LogP contribution in [0.4, 0.5) is 10.1 Å². The lowest BCUT2D eigenvalue weighted by atomic mass is 10.0. The standard InChI is InChI=1S/C30H34FN3O3/c1-5-24(28(36)32-30(2,3)4)34(19-20-14-16-22(31)17-15-20)26(35)13-8-18-33-25-12-7-10-21-9-6-11-23(27(21)25)29(33)37/h6-7,9-12,14-17,24H,5,8,13,18-19H2,1-4H3,(H,32,36)/t24-/m0/s1. The van der Waals surface area contributed by atoms with E-state index in [-0.39, 0.29) is 36.5 Å². The number of benzene rings is 3. The number of nitrogens with zero attached hydrogens (tertiary/aromatic N) is 2. The summed E-state index contributed by atoms with van der Waals surface area (Å²) in [5.74, 6) is -0.811. The molecular formula is C30H34FN3O3. The molecule has 0 aliphatic carbocycles. The van der Waals surface area contributed by atoms with Gasteiger partial charge in [-0.3, -0.25) is 14.4 Å². The second kappa shape index (κ2) is 10.7. The van der Waals surface area contributed by atoms with E-state index in [0.717, 1.165) is 22.0 Å². The second-order valence-corrected chi connectivity index (χ2v) is 10.6. The van der Waals surface area contributed by atoms with E-state index in [9.17, 15) is 18.8 Å². The monoisotopic (exact) mass is 503 g/mol. The van der Waals surface area contributed by atoms with Gasteiger partial charge in [0, 0.05) is 36.0 Å². The third kappa shape index (κ3) is 5.82. The molecule has 194 valence electrons. The molecule has 3 amide bonds. The molecule has 1 atom stereocenters. The summed E-state index contributed by atoms with van der Waals surface area (Å²) in [4.78, 5) is 43.0. The zero-order chi connectivity index (χ0) is 26.7. The van der Waals surface area contributed by atoms with Crippen molar-refractivity contribution in [2.75, 3.05) is 11.4 Å². The number of carbonyl (C=O) groups excluding carboxylic acids is 3. The van der Waals surface area contributed by atoms with Gasteiger partial charge in [0.1, 0.15) is 11.9 Å². The van der Waals surface area contributed by atoms with Crippen molar-refractivity contribution in [3.05, 3.63) is 77.6 Å². The minimum atomic E-state index is -0.664. The smallest absolute Gasteiger partial charge is 0.258 e. The molecule has 0 spiro atoms. The van der Waals surface area contributed by atoms with Gasteiger partial charge in [-0.2, -0.15) is 0 Å². The molecule has 0 fully saturated rings. The molecule has 0 bridgehead atoms. The van der Waals surface area contributed by atoms with Gasteiger partial charge in [-0.15, -0.1) is 0 Å². The van der Waals surface area contributed by atoms with Crippen LogP contribution in [-0.4, -0.2) is 40.7 Å². The van der Waals surface area contributed by atoms with Crippen LogP contribution < -0.4 is 10.2 Å². The Labute approximate surface area is 217 Å². The molecule has 0 radical (unpaired) electrons. The number of hydrogen-bond donors (Lipinski definition) is 1. The van der Waals surface area contributed by atoms with Crippen molar-refractivity contribution in [1.29, 1.82) is 0 Å². The zero-order valence-corrected chi connectivity index (χ0v) is 21.9. The molecule has 1 aliphatic rings. The van der Waals surface area contributed by atoms with Gasteiger partial charge < -0.3 is 15.1 Å². The molecule has 6 nitrogen and oxygen atoms in total. The minimum absolute atomic E-state index is 0.0570. The van der Waals surface area contributed by atoms with Crippen LogP contribution in [0.15, 0.2) is 60.7 Å². The van der Waals surface area contributed by atoms with E-state index >= 15 is 0 Å². The Bertz CT molecular complexity index is 1310. The predicted octanol–water partition coefficient (Wildman–Crippen LogP) is 5.44. The summed E-state index contributed by atoms with van der Waals surface area (Å²) in [6.07, 6.45) is 1.07. The molecule has 0 saturated heterocycles. The molecule has 0 saturated carbocycles. The Kier molecular flexibility index (Phi) is 7.62. The van der Waals surface area contributed by atoms with E-state index < -0.39 is 11.6 Å². The normalized spacial score (nSPS) is 13.6. The van der Waals surface area contributed by atoms with Crippen LogP contribution in [0.3, 0.4) is 0 Å². The van der Waals surface area contributed by atoms with E-state index in [1.165, 1.54) is 12.1 Å². The minimum Gasteiger partial charge on any atom is -0.350 e. The molecular weight excluding hydrogens is 469 g/mol. The molecule has 1 heterocycles. The summed E-state index contributed by atoms with van der Waals surface area (Å²) in [6, 6.07) is 16.9. The van der Waals surface area contributed by atoms with Crippen molar-refractivity contribution < 1.29 is 18.8 Å². The largest absolute Gasteiger partial charge is 0.350 e. The Morgan fingerprint density at radius 3 is 2.35 bits per heavy atom. The topological polar surface area (TPSA) is 69.7 Å². The van der Waals surface area contributed by atoms with Crippen molar-refractivity contribution in [3.63, 3.8) is 0 Å². The maximum Gasteiger partial charge on any atom is 0.258 e. The van der Waals surface area contributed by atoms with Crippen LogP contribution in [0.25, 0.3) is 10.8 Å². The summed E-state index contributed by atoms with van der Waals surface area (Å²) in [7, 11) is 0. The van der Waals surface area contributed by atoms with Gasteiger partial charge in [0.05, 0.1) is 5.69 Å². The molecule has 4 rings (SSSR count). The third-order valence-electron chi connectivity index (χ3n) is 6.57. The third-order valence-corrected chi connectivity index (χ3v) is 6.57. The highest BCUT2D eigenvalue weighted by atomic mass is 19.1. The number of carbonyl (C=O) groups is 3. The van der Waals surface area contributed by atoms with Crippen LogP contribution in [0.1, 0.15) is 62.9 Å². The molecule has 3 aromatic rings. The van der Waals surface area contributed by atoms with Crippen molar-refractivity contribution in [1.82, 2.24) is 10.2 Å². The average molecular weight is 504 g/mol. The van der Waals surface area contributed by atoms with Crippen molar-refractivity contribution >= 4 is 34.2 Å². The van der Waals surface area contributed by atoms with E-state index in [2.05, 4.69) is 5.32 Å². The van der Waals surface area contributed by atoms with E-state index in [0.29, 0.717) is 24.9 Å². The lowest BCUT2D eigenvalue weighted by molar-refractivity contribution is -0.142. The number of hydrogen-bond acceptors (Lipinski definition) is 3. The summed E-state index contributed by atoms with van der Waals surface area (Å²) in [5, 5.41) is 4.95. The lowest BCUT2D eigenvalue weighted by Gasteiger charge is -2.33. The molecule has 0 aromatic heterocycles. The highest BCUT2D eigenvalue weighted by Crippen LogP contribution is 2.37. The number of rotatable bonds is 9. The first-order valence-corrected chi connectivity index (χ1v) is 12.8. The van der Waals surface area contributed by atoms with Crippen molar-refractivity contribution in [3.8, 4) is 0 Å². The fraction of sp³-hybridized carbons (Fsp3) is 0.367. The van der Waals surface area contributed by atoms with Crippen LogP contribution in [-0.2, 0) is 16.1 Å². The number of amides is 3. The maximum atomic E-state index is 13.5. The van der Waals surface area contributed by atoms with E-state index in [1.54, 1.807) is 21.9 Å². The molecule has 7 heteroatoms. The highest BCUT2D eigenvalue weighted by molar-refractivity contribution is 6.25. The maximum absolute atomic E-state index is 13.5. The Hall–Kier alpha value is -3.74. The SMILES string of the molecule is CC[C@@H](C(=O)NC(C)(C)C)N(Cc1ccc(F)cc1)C(=O)CCCN1C(=O)c2cccc3cccc1c23. The Morgan fingerprint density at radius 1 is 1.03 bits per heavy atom. The van der Waals surface area contributed by atoms with Gasteiger partial charge >= 0.3 is 0 Å². The summed E-state index contributed by atoms with van der Waals surface area (Å²) < 4.78 is 13.5. The van der Waals surface area contributed by atoms with Crippen LogP contribution >= 0.6 is 0 Å². The average Bonchev–Trinajstić information content (AvgIpc) is 3.12. The fourth-order valence-corrected chi connectivity index (χ4v) is 4.89. The first kappa shape index (κ1) is 26.3. The summed E-state index contributed by atoms with van der Waals surface area (Å²) >= 11 is 0. The zero-order valence-electron chi connectivity index (χ0n) is 21.9. The first-order valence-electron chi connectivity index (χ1n) is 12.8. The van der Waals surface area contributed by atoms with Gasteiger partial charge in [0.2, 0.25) is 11.8 Å². The van der Waals surface area contributed by atoms with Gasteiger partial charge in [-0.25, -0.2) is 4.39 Å². The summed E-state index contributed by atoms with van der Waals surface area (Å²) in [6.45, 7) is 8.16. The molecule has 37 heavy (non-hydrogen) atoms. The van der Waals surface area contributed by atoms with Crippen LogP contribution in [0.2, 0.25) is 0 Å². The van der Waals surface area contributed by atoms with E-state index in [1.807, 2.05) is 64.1 Å². The number of anilines is 1. The second-order valence-electron chi connectivity index (χ2n) is 10.6. The van der Waals surface area contributed by atoms with Crippen molar-refractivity contribution in [2.45, 2.75) is 65.1 Å². The Balaban J connectivity index is 1.49. The number of nitrogens with one attached hydrogen (secondary N) is 1. The van der Waals surface area contributed by atoms with Gasteiger partial charge in [-0.1, -0.05) is 43.3 Å². The summed E-state index contributed by atoms with van der Waals surface area (Å²) in [5.41, 5.74) is 1.85. The first-order chi connectivity index (χ1) is 17.6.